The highest BCUT2D eigenvalue weighted by molar-refractivity contribution is 4.58. The monoisotopic (exact) mass is 168 g/mol. The predicted octanol–water partition coefficient (Wildman–Crippen LogP) is 3.30. The molecule has 0 saturated carbocycles. The van der Waals surface area contributed by atoms with E-state index in [4.69, 9.17) is 0 Å². The van der Waals surface area contributed by atoms with Crippen molar-refractivity contribution in [2.75, 3.05) is 6.61 Å². The summed E-state index contributed by atoms with van der Waals surface area (Å²) < 4.78 is 26.8. The van der Waals surface area contributed by atoms with E-state index in [1.807, 2.05) is 34.6 Å². The zero-order valence-electron chi connectivity index (χ0n) is 7.95. The first-order valence-corrected chi connectivity index (χ1v) is 3.81. The van der Waals surface area contributed by atoms with Gasteiger partial charge in [0, 0.05) is 0 Å². The van der Waals surface area contributed by atoms with Gasteiger partial charge in [-0.15, -0.1) is 0 Å². The number of rotatable bonds is 2. The molecule has 0 aliphatic rings. The second kappa shape index (κ2) is 6.53. The third-order valence-electron chi connectivity index (χ3n) is 0.642. The highest BCUT2D eigenvalue weighted by Gasteiger charge is 2.13. The quantitative estimate of drug-likeness (QED) is 0.614. The van der Waals surface area contributed by atoms with Crippen LogP contribution in [0.15, 0.2) is 0 Å². The van der Waals surface area contributed by atoms with Crippen LogP contribution in [0.2, 0.25) is 0 Å². The number of halogens is 2. The summed E-state index contributed by atoms with van der Waals surface area (Å²) in [6.45, 7) is 6.99. The van der Waals surface area contributed by atoms with E-state index in [0.29, 0.717) is 0 Å². The summed E-state index contributed by atoms with van der Waals surface area (Å²) in [4.78, 5) is 0. The minimum atomic E-state index is -2.63. The van der Waals surface area contributed by atoms with Gasteiger partial charge in [-0.3, -0.25) is 0 Å². The lowest BCUT2D eigenvalue weighted by atomic mass is 9.99. The van der Waals surface area contributed by atoms with E-state index in [-0.39, 0.29) is 12.0 Å². The van der Waals surface area contributed by atoms with E-state index >= 15 is 0 Å². The van der Waals surface area contributed by atoms with Crippen molar-refractivity contribution in [2.45, 2.75) is 41.2 Å². The second-order valence-electron chi connectivity index (χ2n) is 3.13. The van der Waals surface area contributed by atoms with Crippen LogP contribution in [-0.4, -0.2) is 13.2 Å². The molecule has 0 amide bonds. The fourth-order valence-corrected chi connectivity index (χ4v) is 0.313. The van der Waals surface area contributed by atoms with E-state index in [9.17, 15) is 8.78 Å². The van der Waals surface area contributed by atoms with Gasteiger partial charge in [0.05, 0.1) is 6.61 Å². The lowest BCUT2D eigenvalue weighted by Crippen LogP contribution is -2.16. The Bertz CT molecular complexity index is 76.7. The summed E-state index contributed by atoms with van der Waals surface area (Å²) >= 11 is 0. The first kappa shape index (κ1) is 13.4. The highest BCUT2D eigenvalue weighted by Crippen LogP contribution is 2.14. The van der Waals surface area contributed by atoms with Gasteiger partial charge in [-0.25, -0.2) is 0 Å². The SMILES string of the molecule is CC.CC(C)(C)COC(F)F. The summed E-state index contributed by atoms with van der Waals surface area (Å²) in [5, 5.41) is 0. The van der Waals surface area contributed by atoms with Gasteiger partial charge in [-0.05, 0) is 5.41 Å². The largest absolute Gasteiger partial charge is 0.345 e. The Balaban J connectivity index is 0. The van der Waals surface area contributed by atoms with Gasteiger partial charge in [-0.1, -0.05) is 34.6 Å². The van der Waals surface area contributed by atoms with Gasteiger partial charge < -0.3 is 4.74 Å². The molecule has 0 atom stereocenters. The van der Waals surface area contributed by atoms with Crippen LogP contribution < -0.4 is 0 Å². The Kier molecular flexibility index (Phi) is 7.96. The van der Waals surface area contributed by atoms with Gasteiger partial charge in [0.25, 0.3) is 0 Å². The molecule has 3 heteroatoms. The number of hydrogen-bond acceptors (Lipinski definition) is 1. The van der Waals surface area contributed by atoms with Gasteiger partial charge in [-0.2, -0.15) is 8.78 Å². The Morgan fingerprint density at radius 2 is 1.55 bits per heavy atom. The summed E-state index contributed by atoms with van der Waals surface area (Å²) in [5.74, 6) is 0. The molecule has 0 aromatic carbocycles. The molecule has 0 spiro atoms. The van der Waals surface area contributed by atoms with Crippen molar-refractivity contribution in [2.24, 2.45) is 5.41 Å². The second-order valence-corrected chi connectivity index (χ2v) is 3.13. The van der Waals surface area contributed by atoms with Gasteiger partial charge in [0.1, 0.15) is 0 Å². The van der Waals surface area contributed by atoms with Crippen LogP contribution in [0.1, 0.15) is 34.6 Å². The molecule has 0 rings (SSSR count). The van der Waals surface area contributed by atoms with Crippen LogP contribution >= 0.6 is 0 Å². The number of ether oxygens (including phenoxy) is 1. The highest BCUT2D eigenvalue weighted by atomic mass is 19.3. The molecular weight excluding hydrogens is 150 g/mol. The molecule has 0 aliphatic carbocycles. The predicted molar refractivity (Wildman–Crippen MR) is 42.8 cm³/mol. The van der Waals surface area contributed by atoms with Crippen molar-refractivity contribution < 1.29 is 13.5 Å². The van der Waals surface area contributed by atoms with Crippen molar-refractivity contribution in [3.8, 4) is 0 Å². The number of alkyl halides is 2. The minimum absolute atomic E-state index is 0.102. The Hall–Kier alpha value is -0.180. The van der Waals surface area contributed by atoms with Crippen LogP contribution in [0.3, 0.4) is 0 Å². The zero-order valence-corrected chi connectivity index (χ0v) is 7.95. The van der Waals surface area contributed by atoms with Crippen LogP contribution in [0.5, 0.6) is 0 Å². The maximum Gasteiger partial charge on any atom is 0.345 e. The minimum Gasteiger partial charge on any atom is -0.322 e. The standard InChI is InChI=1S/C6H12F2O.C2H6/c1-6(2,3)4-9-5(7)8;1-2/h5H,4H2,1-3H3;1-2H3. The van der Waals surface area contributed by atoms with Crippen LogP contribution in [0.4, 0.5) is 8.78 Å². The maximum atomic E-state index is 11.3. The summed E-state index contributed by atoms with van der Waals surface area (Å²) in [7, 11) is 0. The molecule has 1 nitrogen and oxygen atoms in total. The van der Waals surface area contributed by atoms with E-state index in [1.54, 1.807) is 0 Å². The molecule has 0 aromatic heterocycles. The molecule has 0 aliphatic heterocycles. The van der Waals surface area contributed by atoms with Gasteiger partial charge >= 0.3 is 6.61 Å². The lowest BCUT2D eigenvalue weighted by Gasteiger charge is -2.16. The fourth-order valence-electron chi connectivity index (χ4n) is 0.313. The van der Waals surface area contributed by atoms with Gasteiger partial charge in [0.2, 0.25) is 0 Å². The molecule has 11 heavy (non-hydrogen) atoms. The van der Waals surface area contributed by atoms with Crippen LogP contribution in [-0.2, 0) is 4.74 Å². The molecule has 0 heterocycles. The Morgan fingerprint density at radius 1 is 1.18 bits per heavy atom. The summed E-state index contributed by atoms with van der Waals surface area (Å²) in [6.07, 6.45) is 0. The van der Waals surface area contributed by atoms with Crippen molar-refractivity contribution in [3.63, 3.8) is 0 Å². The van der Waals surface area contributed by atoms with Crippen molar-refractivity contribution >= 4 is 0 Å². The van der Waals surface area contributed by atoms with Gasteiger partial charge in [0.15, 0.2) is 0 Å². The van der Waals surface area contributed by atoms with E-state index < -0.39 is 6.61 Å². The third-order valence-corrected chi connectivity index (χ3v) is 0.642. The maximum absolute atomic E-state index is 11.3. The van der Waals surface area contributed by atoms with Crippen molar-refractivity contribution in [1.82, 2.24) is 0 Å². The fraction of sp³-hybridized carbons (Fsp3) is 1.00. The normalized spacial score (nSPS) is 10.9. The molecule has 0 fully saturated rings. The molecule has 0 radical (unpaired) electrons. The first-order valence-electron chi connectivity index (χ1n) is 3.81. The molecule has 0 bridgehead atoms. The molecule has 0 unspecified atom stereocenters. The van der Waals surface area contributed by atoms with Crippen molar-refractivity contribution in [1.29, 1.82) is 0 Å². The molecule has 70 valence electrons. The smallest absolute Gasteiger partial charge is 0.322 e. The third kappa shape index (κ3) is 17.7. The average molecular weight is 168 g/mol. The van der Waals surface area contributed by atoms with Crippen molar-refractivity contribution in [3.05, 3.63) is 0 Å². The Labute approximate surface area is 67.7 Å². The molecular formula is C8H18F2O. The summed E-state index contributed by atoms with van der Waals surface area (Å²) in [6, 6.07) is 0. The molecule has 0 aromatic rings. The molecule has 0 N–H and O–H groups in total. The summed E-state index contributed by atoms with van der Waals surface area (Å²) in [5.41, 5.74) is -0.170. The average Bonchev–Trinajstić information content (AvgIpc) is 1.87. The topological polar surface area (TPSA) is 9.23 Å². The van der Waals surface area contributed by atoms with E-state index in [2.05, 4.69) is 4.74 Å². The van der Waals surface area contributed by atoms with Crippen LogP contribution in [0, 0.1) is 5.41 Å². The number of hydrogen-bond donors (Lipinski definition) is 0. The zero-order chi connectivity index (χ0) is 9.49. The first-order chi connectivity index (χ1) is 4.92. The molecule has 0 saturated heterocycles. The Morgan fingerprint density at radius 3 is 1.64 bits per heavy atom. The van der Waals surface area contributed by atoms with E-state index in [1.165, 1.54) is 0 Å². The van der Waals surface area contributed by atoms with Crippen LogP contribution in [0.25, 0.3) is 0 Å². The lowest BCUT2D eigenvalue weighted by molar-refractivity contribution is -0.146. The van der Waals surface area contributed by atoms with E-state index in [0.717, 1.165) is 0 Å².